The number of hydrogen-bond donors (Lipinski definition) is 1. The van der Waals surface area contributed by atoms with Gasteiger partial charge in [-0.05, 0) is 65.0 Å². The van der Waals surface area contributed by atoms with Gasteiger partial charge in [0, 0.05) is 55.1 Å². The first-order valence-corrected chi connectivity index (χ1v) is 13.1. The smallest absolute Gasteiger partial charge is 0.339 e. The Morgan fingerprint density at radius 3 is 2.67 bits per heavy atom. The minimum absolute atomic E-state index is 0.00327. The van der Waals surface area contributed by atoms with Gasteiger partial charge in [0.25, 0.3) is 11.8 Å². The highest BCUT2D eigenvalue weighted by Crippen LogP contribution is 2.30. The summed E-state index contributed by atoms with van der Waals surface area (Å²) in [6.07, 6.45) is 3.51. The number of hydrogen-bond acceptors (Lipinski definition) is 7. The molecule has 1 spiro atoms. The maximum atomic E-state index is 13.4. The number of likely N-dealkylation sites (tertiary alicyclic amines) is 1. The van der Waals surface area contributed by atoms with Gasteiger partial charge in [0.05, 0.1) is 6.54 Å². The van der Waals surface area contributed by atoms with Crippen LogP contribution in [0.1, 0.15) is 38.3 Å². The second-order valence-electron chi connectivity index (χ2n) is 9.63. The van der Waals surface area contributed by atoms with Crippen LogP contribution in [0.2, 0.25) is 0 Å². The first kappa shape index (κ1) is 27.7. The third-order valence-electron chi connectivity index (χ3n) is 7.47. The topological polar surface area (TPSA) is 128 Å². The van der Waals surface area contributed by atoms with Crippen molar-refractivity contribution in [1.29, 1.82) is 0 Å². The fourth-order valence-corrected chi connectivity index (χ4v) is 5.27. The summed E-state index contributed by atoms with van der Waals surface area (Å²) in [7, 11) is 0. The number of benzene rings is 1. The van der Waals surface area contributed by atoms with Gasteiger partial charge in [-0.3, -0.25) is 14.5 Å². The standard InChI is InChI=1S/C28H34N6O5/c1-6-13-30-23(29-5)24(35)33-15-12-28(17-33)26(37)34(27(38)31-28)14-11-21-18(4)20-10-9-19(32(7-2)8-3)16-22(20)39-25(21)36/h6,9-10,13,16H,5,7-8,11-12,14-15,17H2,1-4H3,(H,31,38)/b13-6-,30-23?. The van der Waals surface area contributed by atoms with Crippen molar-refractivity contribution in [3.63, 3.8) is 0 Å². The molecule has 2 aliphatic rings. The predicted molar refractivity (Wildman–Crippen MR) is 150 cm³/mol. The number of fused-ring (bicyclic) bond motifs is 1. The number of aryl methyl sites for hydroxylation is 1. The van der Waals surface area contributed by atoms with Crippen molar-refractivity contribution in [2.75, 3.05) is 37.6 Å². The van der Waals surface area contributed by atoms with E-state index in [1.54, 1.807) is 13.0 Å². The molecule has 1 aromatic carbocycles. The van der Waals surface area contributed by atoms with E-state index >= 15 is 0 Å². The second kappa shape index (κ2) is 11.2. The number of allylic oxidation sites excluding steroid dienone is 1. The van der Waals surface area contributed by atoms with Gasteiger partial charge in [0.15, 0.2) is 0 Å². The number of carbonyl (C=O) groups excluding carboxylic acids is 3. The molecule has 4 amide bonds. The van der Waals surface area contributed by atoms with Gasteiger partial charge in [0.1, 0.15) is 11.1 Å². The number of imide groups is 1. The fourth-order valence-electron chi connectivity index (χ4n) is 5.27. The maximum Gasteiger partial charge on any atom is 0.339 e. The molecule has 0 saturated carbocycles. The molecule has 1 aromatic heterocycles. The first-order valence-electron chi connectivity index (χ1n) is 13.1. The highest BCUT2D eigenvalue weighted by atomic mass is 16.4. The number of nitrogens with one attached hydrogen (secondary N) is 1. The monoisotopic (exact) mass is 534 g/mol. The Balaban J connectivity index is 1.50. The highest BCUT2D eigenvalue weighted by Gasteiger charge is 2.55. The van der Waals surface area contributed by atoms with Crippen molar-refractivity contribution >= 4 is 47.1 Å². The number of urea groups is 1. The third kappa shape index (κ3) is 5.08. The molecular formula is C28H34N6O5. The van der Waals surface area contributed by atoms with Gasteiger partial charge in [-0.2, -0.15) is 0 Å². The zero-order valence-corrected chi connectivity index (χ0v) is 22.8. The molecular weight excluding hydrogens is 500 g/mol. The average Bonchev–Trinajstić information content (AvgIpc) is 3.45. The van der Waals surface area contributed by atoms with Crippen LogP contribution in [0.5, 0.6) is 0 Å². The molecule has 0 bridgehead atoms. The number of rotatable bonds is 7. The van der Waals surface area contributed by atoms with Crippen molar-refractivity contribution in [2.45, 2.75) is 46.1 Å². The minimum atomic E-state index is -1.22. The number of anilines is 1. The van der Waals surface area contributed by atoms with Crippen molar-refractivity contribution in [3.8, 4) is 0 Å². The van der Waals surface area contributed by atoms with E-state index in [0.717, 1.165) is 34.6 Å². The van der Waals surface area contributed by atoms with Crippen LogP contribution in [-0.2, 0) is 16.0 Å². The van der Waals surface area contributed by atoms with Crippen LogP contribution >= 0.6 is 0 Å². The molecule has 2 saturated heterocycles. The molecule has 0 aliphatic carbocycles. The molecule has 39 heavy (non-hydrogen) atoms. The van der Waals surface area contributed by atoms with E-state index in [-0.39, 0.29) is 38.3 Å². The summed E-state index contributed by atoms with van der Waals surface area (Å²) >= 11 is 0. The normalized spacial score (nSPS) is 19.5. The van der Waals surface area contributed by atoms with Gasteiger partial charge in [-0.15, -0.1) is 0 Å². The van der Waals surface area contributed by atoms with E-state index in [9.17, 15) is 19.2 Å². The molecule has 2 fully saturated rings. The SMILES string of the molecule is C=NC(=N/C=C\C)C(=O)N1CCC2(C1)NC(=O)N(CCc1c(C)c3ccc(N(CC)CC)cc3oc1=O)C2=O. The summed E-state index contributed by atoms with van der Waals surface area (Å²) < 4.78 is 5.66. The maximum absolute atomic E-state index is 13.4. The van der Waals surface area contributed by atoms with Crippen LogP contribution in [-0.4, -0.2) is 78.5 Å². The number of aliphatic imine (C=N–C) groups is 2. The van der Waals surface area contributed by atoms with E-state index in [2.05, 4.69) is 40.8 Å². The van der Waals surface area contributed by atoms with Crippen LogP contribution < -0.4 is 15.8 Å². The summed E-state index contributed by atoms with van der Waals surface area (Å²) in [4.78, 5) is 64.4. The van der Waals surface area contributed by atoms with Gasteiger partial charge in [-0.1, -0.05) is 6.08 Å². The second-order valence-corrected chi connectivity index (χ2v) is 9.63. The van der Waals surface area contributed by atoms with Crippen molar-refractivity contribution in [2.24, 2.45) is 9.98 Å². The van der Waals surface area contributed by atoms with Crippen LogP contribution in [0.25, 0.3) is 11.0 Å². The van der Waals surface area contributed by atoms with Gasteiger partial charge in [0.2, 0.25) is 5.84 Å². The van der Waals surface area contributed by atoms with Crippen LogP contribution in [0, 0.1) is 6.92 Å². The zero-order valence-electron chi connectivity index (χ0n) is 22.8. The molecule has 11 heteroatoms. The minimum Gasteiger partial charge on any atom is -0.422 e. The van der Waals surface area contributed by atoms with E-state index in [4.69, 9.17) is 4.42 Å². The Morgan fingerprint density at radius 2 is 2.00 bits per heavy atom. The summed E-state index contributed by atoms with van der Waals surface area (Å²) in [5.41, 5.74) is 0.952. The van der Waals surface area contributed by atoms with Crippen molar-refractivity contribution < 1.29 is 18.8 Å². The molecule has 1 atom stereocenters. The van der Waals surface area contributed by atoms with Crippen molar-refractivity contribution in [1.82, 2.24) is 15.1 Å². The number of nitrogens with zero attached hydrogens (tertiary/aromatic N) is 5. The molecule has 11 nitrogen and oxygen atoms in total. The van der Waals surface area contributed by atoms with Crippen LogP contribution in [0.3, 0.4) is 0 Å². The molecule has 3 heterocycles. The first-order chi connectivity index (χ1) is 18.7. The Labute approximate surface area is 226 Å². The number of amidine groups is 1. The summed E-state index contributed by atoms with van der Waals surface area (Å²) in [5, 5.41) is 3.58. The number of amides is 4. The molecule has 2 aromatic rings. The zero-order chi connectivity index (χ0) is 28.3. The Bertz CT molecular complexity index is 1440. The van der Waals surface area contributed by atoms with Gasteiger partial charge in [-0.25, -0.2) is 19.6 Å². The molecule has 1 N–H and O–H groups in total. The van der Waals surface area contributed by atoms with E-state index in [1.807, 2.05) is 25.1 Å². The largest absolute Gasteiger partial charge is 0.422 e. The Morgan fingerprint density at radius 1 is 1.26 bits per heavy atom. The lowest BCUT2D eigenvalue weighted by atomic mass is 9.98. The third-order valence-corrected chi connectivity index (χ3v) is 7.47. The molecule has 1 unspecified atom stereocenters. The number of carbonyl (C=O) groups is 3. The molecule has 2 aliphatic heterocycles. The van der Waals surface area contributed by atoms with E-state index in [1.165, 1.54) is 11.1 Å². The lowest BCUT2D eigenvalue weighted by molar-refractivity contribution is -0.131. The van der Waals surface area contributed by atoms with E-state index in [0.29, 0.717) is 11.1 Å². The lowest BCUT2D eigenvalue weighted by Gasteiger charge is -2.22. The van der Waals surface area contributed by atoms with E-state index < -0.39 is 29.0 Å². The molecule has 0 radical (unpaired) electrons. The lowest BCUT2D eigenvalue weighted by Crippen LogP contribution is -2.50. The predicted octanol–water partition coefficient (Wildman–Crippen LogP) is 2.65. The Kier molecular flexibility index (Phi) is 7.98. The van der Waals surface area contributed by atoms with Crippen molar-refractivity contribution in [3.05, 3.63) is 52.0 Å². The highest BCUT2D eigenvalue weighted by molar-refractivity contribution is 6.39. The van der Waals surface area contributed by atoms with Gasteiger partial charge < -0.3 is 19.5 Å². The Hall–Kier alpha value is -4.28. The summed E-state index contributed by atoms with van der Waals surface area (Å²) in [6, 6.07) is 5.25. The van der Waals surface area contributed by atoms with Crippen LogP contribution in [0.15, 0.2) is 49.7 Å². The summed E-state index contributed by atoms with van der Waals surface area (Å²) in [5.74, 6) is -0.969. The quantitative estimate of drug-likeness (QED) is 0.252. The molecule has 206 valence electrons. The molecule has 4 rings (SSSR count). The average molecular weight is 535 g/mol. The van der Waals surface area contributed by atoms with Crippen LogP contribution in [0.4, 0.5) is 10.5 Å². The summed E-state index contributed by atoms with van der Waals surface area (Å²) in [6.45, 7) is 13.1. The van der Waals surface area contributed by atoms with Gasteiger partial charge >= 0.3 is 11.7 Å². The fraction of sp³-hybridized carbons (Fsp3) is 0.429.